The van der Waals surface area contributed by atoms with Gasteiger partial charge >= 0.3 is 6.18 Å². The van der Waals surface area contributed by atoms with Gasteiger partial charge in [0, 0.05) is 0 Å². The topological polar surface area (TPSA) is 47.6 Å². The molecule has 1 amide bonds. The fraction of sp³-hybridized carbons (Fsp3) is 0.235. The molecule has 0 saturated heterocycles. The standard InChI is InChI=1S/C17H16F3NO3/c1-23-14-8-4-5-9-15(14)24-11-10-21-16(22)12-6-2-3-7-13(12)17(18,19)20/h2-9H,10-11H2,1H3,(H,21,22). The minimum Gasteiger partial charge on any atom is -0.493 e. The molecule has 0 atom stereocenters. The fourth-order valence-corrected chi connectivity index (χ4v) is 2.09. The Morgan fingerprint density at radius 1 is 1.04 bits per heavy atom. The van der Waals surface area contributed by atoms with Crippen LogP contribution in [0.15, 0.2) is 48.5 Å². The first-order valence-electron chi connectivity index (χ1n) is 7.13. The van der Waals surface area contributed by atoms with Crippen molar-refractivity contribution < 1.29 is 27.4 Å². The lowest BCUT2D eigenvalue weighted by Crippen LogP contribution is -2.30. The van der Waals surface area contributed by atoms with Crippen LogP contribution in [0, 0.1) is 0 Å². The average molecular weight is 339 g/mol. The average Bonchev–Trinajstić information content (AvgIpc) is 2.58. The maximum atomic E-state index is 12.9. The Balaban J connectivity index is 1.93. The van der Waals surface area contributed by atoms with Crippen molar-refractivity contribution in [2.24, 2.45) is 0 Å². The number of carbonyl (C=O) groups excluding carboxylic acids is 1. The van der Waals surface area contributed by atoms with E-state index in [1.165, 1.54) is 19.2 Å². The quantitative estimate of drug-likeness (QED) is 0.819. The lowest BCUT2D eigenvalue weighted by atomic mass is 10.1. The molecule has 0 aliphatic heterocycles. The summed E-state index contributed by atoms with van der Waals surface area (Å²) >= 11 is 0. The predicted octanol–water partition coefficient (Wildman–Crippen LogP) is 3.52. The molecule has 0 spiro atoms. The first kappa shape index (κ1) is 17.7. The Labute approximate surface area is 137 Å². The molecule has 0 aliphatic carbocycles. The minimum absolute atomic E-state index is 0.0586. The van der Waals surface area contributed by atoms with Crippen LogP contribution < -0.4 is 14.8 Å². The van der Waals surface area contributed by atoms with E-state index in [4.69, 9.17) is 9.47 Å². The second kappa shape index (κ2) is 7.72. The normalized spacial score (nSPS) is 11.0. The zero-order chi connectivity index (χ0) is 17.6. The van der Waals surface area contributed by atoms with E-state index >= 15 is 0 Å². The molecule has 0 saturated carbocycles. The highest BCUT2D eigenvalue weighted by atomic mass is 19.4. The van der Waals surface area contributed by atoms with Crippen LogP contribution in [0.4, 0.5) is 13.2 Å². The number of rotatable bonds is 6. The van der Waals surface area contributed by atoms with Crippen molar-refractivity contribution in [3.63, 3.8) is 0 Å². The van der Waals surface area contributed by atoms with Gasteiger partial charge < -0.3 is 14.8 Å². The van der Waals surface area contributed by atoms with Crippen LogP contribution in [0.1, 0.15) is 15.9 Å². The van der Waals surface area contributed by atoms with Gasteiger partial charge in [0.25, 0.3) is 5.91 Å². The molecule has 7 heteroatoms. The molecule has 128 valence electrons. The first-order chi connectivity index (χ1) is 11.4. The van der Waals surface area contributed by atoms with E-state index < -0.39 is 23.2 Å². The van der Waals surface area contributed by atoms with Gasteiger partial charge in [0.1, 0.15) is 6.61 Å². The molecular formula is C17H16F3NO3. The van der Waals surface area contributed by atoms with E-state index in [0.717, 1.165) is 12.1 Å². The molecule has 0 bridgehead atoms. The zero-order valence-electron chi connectivity index (χ0n) is 12.9. The Morgan fingerprint density at radius 3 is 2.33 bits per heavy atom. The largest absolute Gasteiger partial charge is 0.493 e. The number of nitrogens with one attached hydrogen (secondary N) is 1. The predicted molar refractivity (Wildman–Crippen MR) is 82.3 cm³/mol. The number of carbonyl (C=O) groups is 1. The van der Waals surface area contributed by atoms with Crippen LogP contribution in [0.2, 0.25) is 0 Å². The number of alkyl halides is 3. The van der Waals surface area contributed by atoms with Gasteiger partial charge in [-0.1, -0.05) is 24.3 Å². The van der Waals surface area contributed by atoms with E-state index in [1.807, 2.05) is 0 Å². The van der Waals surface area contributed by atoms with Gasteiger partial charge in [-0.2, -0.15) is 13.2 Å². The van der Waals surface area contributed by atoms with Crippen LogP contribution in [-0.2, 0) is 6.18 Å². The summed E-state index contributed by atoms with van der Waals surface area (Å²) in [6, 6.07) is 11.6. The van der Waals surface area contributed by atoms with E-state index in [-0.39, 0.29) is 13.2 Å². The van der Waals surface area contributed by atoms with Gasteiger partial charge in [0.05, 0.1) is 24.8 Å². The van der Waals surface area contributed by atoms with E-state index in [1.54, 1.807) is 24.3 Å². The Hall–Kier alpha value is -2.70. The third kappa shape index (κ3) is 4.41. The minimum atomic E-state index is -4.58. The van der Waals surface area contributed by atoms with Crippen LogP contribution in [0.25, 0.3) is 0 Å². The van der Waals surface area contributed by atoms with Crippen molar-refractivity contribution in [2.45, 2.75) is 6.18 Å². The number of ether oxygens (including phenoxy) is 2. The Kier molecular flexibility index (Phi) is 5.68. The van der Waals surface area contributed by atoms with E-state index in [9.17, 15) is 18.0 Å². The summed E-state index contributed by atoms with van der Waals surface area (Å²) in [7, 11) is 1.50. The molecule has 0 aliphatic rings. The summed E-state index contributed by atoms with van der Waals surface area (Å²) in [5.74, 6) is 0.225. The monoisotopic (exact) mass is 339 g/mol. The SMILES string of the molecule is COc1ccccc1OCCNC(=O)c1ccccc1C(F)(F)F. The third-order valence-electron chi connectivity index (χ3n) is 3.19. The summed E-state index contributed by atoms with van der Waals surface area (Å²) in [4.78, 5) is 12.0. The number of hydrogen-bond donors (Lipinski definition) is 1. The van der Waals surface area contributed by atoms with Gasteiger partial charge in [-0.05, 0) is 24.3 Å². The number of amides is 1. The van der Waals surface area contributed by atoms with Gasteiger partial charge in [-0.15, -0.1) is 0 Å². The summed E-state index contributed by atoms with van der Waals surface area (Å²) in [5.41, 5.74) is -1.38. The van der Waals surface area contributed by atoms with Crippen LogP contribution in [0.3, 0.4) is 0 Å². The van der Waals surface area contributed by atoms with Gasteiger partial charge in [0.2, 0.25) is 0 Å². The van der Waals surface area contributed by atoms with Gasteiger partial charge in [-0.25, -0.2) is 0 Å². The molecule has 2 rings (SSSR count). The first-order valence-corrected chi connectivity index (χ1v) is 7.13. The van der Waals surface area contributed by atoms with Gasteiger partial charge in [0.15, 0.2) is 11.5 Å². The molecule has 2 aromatic carbocycles. The van der Waals surface area contributed by atoms with Crippen LogP contribution in [0.5, 0.6) is 11.5 Å². The second-order valence-electron chi connectivity index (χ2n) is 4.80. The maximum absolute atomic E-state index is 12.9. The van der Waals surface area contributed by atoms with E-state index in [0.29, 0.717) is 11.5 Å². The lowest BCUT2D eigenvalue weighted by molar-refractivity contribution is -0.137. The molecule has 0 aromatic heterocycles. The lowest BCUT2D eigenvalue weighted by Gasteiger charge is -2.13. The molecule has 24 heavy (non-hydrogen) atoms. The molecule has 0 unspecified atom stereocenters. The maximum Gasteiger partial charge on any atom is 0.417 e. The van der Waals surface area contributed by atoms with Crippen LogP contribution in [-0.4, -0.2) is 26.2 Å². The highest BCUT2D eigenvalue weighted by Crippen LogP contribution is 2.31. The molecule has 2 aromatic rings. The van der Waals surface area contributed by atoms with E-state index in [2.05, 4.69) is 5.32 Å². The summed E-state index contributed by atoms with van der Waals surface area (Å²) in [5, 5.41) is 2.41. The second-order valence-corrected chi connectivity index (χ2v) is 4.80. The molecule has 4 nitrogen and oxygen atoms in total. The Bertz CT molecular complexity index is 701. The number of para-hydroxylation sites is 2. The summed E-state index contributed by atoms with van der Waals surface area (Å²) in [6.45, 7) is 0.156. The Morgan fingerprint density at radius 2 is 1.67 bits per heavy atom. The molecule has 0 heterocycles. The highest BCUT2D eigenvalue weighted by Gasteiger charge is 2.34. The number of benzene rings is 2. The summed E-state index contributed by atoms with van der Waals surface area (Å²) in [6.07, 6.45) is -4.58. The van der Waals surface area contributed by atoms with Crippen molar-refractivity contribution in [3.8, 4) is 11.5 Å². The van der Waals surface area contributed by atoms with Gasteiger partial charge in [-0.3, -0.25) is 4.79 Å². The smallest absolute Gasteiger partial charge is 0.417 e. The molecule has 0 fully saturated rings. The van der Waals surface area contributed by atoms with Crippen LogP contribution >= 0.6 is 0 Å². The zero-order valence-corrected chi connectivity index (χ0v) is 12.9. The van der Waals surface area contributed by atoms with Crippen molar-refractivity contribution in [1.29, 1.82) is 0 Å². The third-order valence-corrected chi connectivity index (χ3v) is 3.19. The number of methoxy groups -OCH3 is 1. The van der Waals surface area contributed by atoms with Crippen molar-refractivity contribution in [1.82, 2.24) is 5.32 Å². The molecule has 0 radical (unpaired) electrons. The molecule has 1 N–H and O–H groups in total. The molecular weight excluding hydrogens is 323 g/mol. The van der Waals surface area contributed by atoms with Crippen molar-refractivity contribution in [3.05, 3.63) is 59.7 Å². The highest BCUT2D eigenvalue weighted by molar-refractivity contribution is 5.95. The summed E-state index contributed by atoms with van der Waals surface area (Å²) < 4.78 is 49.2. The number of hydrogen-bond acceptors (Lipinski definition) is 3. The fourth-order valence-electron chi connectivity index (χ4n) is 2.09. The van der Waals surface area contributed by atoms with Crippen molar-refractivity contribution in [2.75, 3.05) is 20.3 Å². The number of halogens is 3. The van der Waals surface area contributed by atoms with Crippen molar-refractivity contribution >= 4 is 5.91 Å².